The number of nitrogens with zero attached hydrogens (tertiary/aromatic N) is 2. The Labute approximate surface area is 133 Å². The van der Waals surface area contributed by atoms with E-state index in [0.717, 1.165) is 32.0 Å². The van der Waals surface area contributed by atoms with Gasteiger partial charge in [-0.3, -0.25) is 4.99 Å². The minimum Gasteiger partial charge on any atom is -0.418 e. The highest BCUT2D eigenvalue weighted by Crippen LogP contribution is 2.16. The summed E-state index contributed by atoms with van der Waals surface area (Å²) in [5, 5.41) is 3.47. The Morgan fingerprint density at radius 3 is 2.22 bits per heavy atom. The monoisotopic (exact) mass is 328 g/mol. The smallest absolute Gasteiger partial charge is 0.418 e. The molecule has 0 saturated carbocycles. The molecule has 126 valence electrons. The van der Waals surface area contributed by atoms with Crippen LogP contribution in [-0.4, -0.2) is 44.2 Å². The molecule has 1 fully saturated rings. The first kappa shape index (κ1) is 17.4. The van der Waals surface area contributed by atoms with Crippen molar-refractivity contribution in [2.24, 2.45) is 4.99 Å². The Kier molecular flexibility index (Phi) is 6.07. The number of likely N-dealkylation sites (tertiary alicyclic amines) is 1. The fraction of sp³-hybridized carbons (Fsp3) is 0.400. The molecule has 2 aliphatic heterocycles. The SMILES string of the molecule is C1=C(c2ccccc2)NCCN=C1N1CCCC1.F[B-](F)(F)F. The predicted octanol–water partition coefficient (Wildman–Crippen LogP) is 3.43. The van der Waals surface area contributed by atoms with Crippen molar-refractivity contribution in [2.45, 2.75) is 12.8 Å². The van der Waals surface area contributed by atoms with Crippen LogP contribution in [0.2, 0.25) is 0 Å². The number of halogens is 4. The molecule has 1 aromatic rings. The van der Waals surface area contributed by atoms with Crippen molar-refractivity contribution in [3.8, 4) is 0 Å². The van der Waals surface area contributed by atoms with Gasteiger partial charge in [-0.1, -0.05) is 30.3 Å². The van der Waals surface area contributed by atoms with E-state index in [1.54, 1.807) is 0 Å². The third-order valence-electron chi connectivity index (χ3n) is 3.49. The van der Waals surface area contributed by atoms with E-state index in [0.29, 0.717) is 0 Å². The number of hydrogen-bond donors (Lipinski definition) is 1. The van der Waals surface area contributed by atoms with Crippen molar-refractivity contribution in [3.63, 3.8) is 0 Å². The van der Waals surface area contributed by atoms with Crippen LogP contribution in [0.4, 0.5) is 17.3 Å². The van der Waals surface area contributed by atoms with Crippen LogP contribution in [-0.2, 0) is 0 Å². The highest BCUT2D eigenvalue weighted by molar-refractivity contribution is 6.50. The van der Waals surface area contributed by atoms with Crippen LogP contribution < -0.4 is 5.32 Å². The summed E-state index contributed by atoms with van der Waals surface area (Å²) in [5.74, 6) is 1.15. The maximum atomic E-state index is 9.75. The Hall–Kier alpha value is -1.99. The van der Waals surface area contributed by atoms with Gasteiger partial charge >= 0.3 is 7.25 Å². The maximum absolute atomic E-state index is 9.75. The number of hydrogen-bond acceptors (Lipinski definition) is 3. The third kappa shape index (κ3) is 6.34. The molecule has 0 radical (unpaired) electrons. The van der Waals surface area contributed by atoms with Crippen molar-refractivity contribution >= 4 is 18.8 Å². The Morgan fingerprint density at radius 2 is 1.61 bits per heavy atom. The Morgan fingerprint density at radius 1 is 1.00 bits per heavy atom. The highest BCUT2D eigenvalue weighted by atomic mass is 19.5. The van der Waals surface area contributed by atoms with Crippen molar-refractivity contribution in [2.75, 3.05) is 26.2 Å². The lowest BCUT2D eigenvalue weighted by molar-refractivity contribution is 0.368. The van der Waals surface area contributed by atoms with E-state index in [-0.39, 0.29) is 0 Å². The number of aliphatic imine (C=N–C) groups is 1. The first-order valence-corrected chi connectivity index (χ1v) is 7.61. The molecule has 0 bridgehead atoms. The van der Waals surface area contributed by atoms with Gasteiger partial charge in [-0.2, -0.15) is 0 Å². The first-order valence-electron chi connectivity index (χ1n) is 7.61. The molecular formula is C15H19BF4N3-. The second-order valence-corrected chi connectivity index (χ2v) is 5.28. The van der Waals surface area contributed by atoms with Gasteiger partial charge in [0, 0.05) is 31.4 Å². The summed E-state index contributed by atoms with van der Waals surface area (Å²) < 4.78 is 39.0. The second-order valence-electron chi connectivity index (χ2n) is 5.28. The number of benzene rings is 1. The van der Waals surface area contributed by atoms with Crippen LogP contribution in [0.25, 0.3) is 5.70 Å². The van der Waals surface area contributed by atoms with E-state index < -0.39 is 7.25 Å². The highest BCUT2D eigenvalue weighted by Gasteiger charge is 2.20. The van der Waals surface area contributed by atoms with E-state index in [4.69, 9.17) is 0 Å². The molecule has 1 N–H and O–H groups in total. The lowest BCUT2D eigenvalue weighted by Gasteiger charge is -2.17. The normalized spacial score (nSPS) is 18.2. The third-order valence-corrected chi connectivity index (χ3v) is 3.49. The standard InChI is InChI=1S/C15H19N3.BF4/c1-2-6-13(7-3-1)14-12-15(17-9-8-16-14)18-10-4-5-11-18;2-1(3,4)5/h1-3,6-7,12,16H,4-5,8-11H2;/q;-1. The average Bonchev–Trinajstić information content (AvgIpc) is 2.91. The summed E-state index contributed by atoms with van der Waals surface area (Å²) in [7, 11) is -6.00. The van der Waals surface area contributed by atoms with Crippen LogP contribution in [0, 0.1) is 0 Å². The molecule has 0 unspecified atom stereocenters. The first-order chi connectivity index (χ1) is 10.9. The molecule has 1 saturated heterocycles. The summed E-state index contributed by atoms with van der Waals surface area (Å²) in [4.78, 5) is 7.08. The number of rotatable bonds is 1. The van der Waals surface area contributed by atoms with Crippen LogP contribution in [0.5, 0.6) is 0 Å². The molecule has 3 rings (SSSR count). The van der Waals surface area contributed by atoms with Gasteiger partial charge < -0.3 is 27.5 Å². The summed E-state index contributed by atoms with van der Waals surface area (Å²) in [6.07, 6.45) is 4.79. The summed E-state index contributed by atoms with van der Waals surface area (Å²) >= 11 is 0. The number of amidine groups is 1. The zero-order valence-electron chi connectivity index (χ0n) is 12.7. The lowest BCUT2D eigenvalue weighted by Crippen LogP contribution is -2.26. The summed E-state index contributed by atoms with van der Waals surface area (Å²) in [6.45, 7) is 4.07. The molecule has 2 aliphatic rings. The molecular weight excluding hydrogens is 309 g/mol. The van der Waals surface area contributed by atoms with Gasteiger partial charge in [-0.05, 0) is 18.4 Å². The van der Waals surface area contributed by atoms with Gasteiger partial charge in [0.25, 0.3) is 0 Å². The Balaban J connectivity index is 0.000000338. The second kappa shape index (κ2) is 8.03. The lowest BCUT2D eigenvalue weighted by atomic mass is 10.1. The molecule has 0 amide bonds. The van der Waals surface area contributed by atoms with E-state index in [9.17, 15) is 17.3 Å². The van der Waals surface area contributed by atoms with Gasteiger partial charge in [0.2, 0.25) is 0 Å². The molecule has 23 heavy (non-hydrogen) atoms. The minimum atomic E-state index is -6.00. The summed E-state index contributed by atoms with van der Waals surface area (Å²) in [6, 6.07) is 10.5. The average molecular weight is 328 g/mol. The predicted molar refractivity (Wildman–Crippen MR) is 85.7 cm³/mol. The molecule has 8 heteroatoms. The molecule has 2 heterocycles. The van der Waals surface area contributed by atoms with Crippen LogP contribution in [0.1, 0.15) is 18.4 Å². The quantitative estimate of drug-likeness (QED) is 0.632. The minimum absolute atomic E-state index is 0.860. The fourth-order valence-corrected chi connectivity index (χ4v) is 2.53. The van der Waals surface area contributed by atoms with Gasteiger partial charge in [-0.15, -0.1) is 0 Å². The molecule has 0 spiro atoms. The molecule has 1 aromatic carbocycles. The fourth-order valence-electron chi connectivity index (χ4n) is 2.53. The Bertz CT molecular complexity index is 546. The van der Waals surface area contributed by atoms with E-state index in [2.05, 4.69) is 51.6 Å². The van der Waals surface area contributed by atoms with Crippen molar-refractivity contribution in [1.29, 1.82) is 0 Å². The maximum Gasteiger partial charge on any atom is 0.673 e. The zero-order chi connectivity index (χ0) is 16.7. The molecule has 0 atom stereocenters. The largest absolute Gasteiger partial charge is 0.673 e. The topological polar surface area (TPSA) is 27.6 Å². The van der Waals surface area contributed by atoms with Gasteiger partial charge in [0.05, 0.1) is 6.54 Å². The molecule has 0 aliphatic carbocycles. The van der Waals surface area contributed by atoms with Gasteiger partial charge in [0.15, 0.2) is 0 Å². The van der Waals surface area contributed by atoms with Crippen LogP contribution in [0.15, 0.2) is 41.4 Å². The summed E-state index contributed by atoms with van der Waals surface area (Å²) in [5.41, 5.74) is 2.44. The number of nitrogens with one attached hydrogen (secondary N) is 1. The van der Waals surface area contributed by atoms with Gasteiger partial charge in [-0.25, -0.2) is 0 Å². The van der Waals surface area contributed by atoms with Gasteiger partial charge in [0.1, 0.15) is 5.84 Å². The molecule has 3 nitrogen and oxygen atoms in total. The van der Waals surface area contributed by atoms with E-state index in [1.165, 1.54) is 24.1 Å². The van der Waals surface area contributed by atoms with Crippen LogP contribution >= 0.6 is 0 Å². The zero-order valence-corrected chi connectivity index (χ0v) is 12.7. The van der Waals surface area contributed by atoms with Crippen molar-refractivity contribution in [3.05, 3.63) is 42.0 Å². The van der Waals surface area contributed by atoms with Crippen molar-refractivity contribution < 1.29 is 17.3 Å². The van der Waals surface area contributed by atoms with Crippen LogP contribution in [0.3, 0.4) is 0 Å². The van der Waals surface area contributed by atoms with E-state index in [1.807, 2.05) is 0 Å². The van der Waals surface area contributed by atoms with E-state index >= 15 is 0 Å². The molecule has 0 aromatic heterocycles. The van der Waals surface area contributed by atoms with Crippen molar-refractivity contribution in [1.82, 2.24) is 10.2 Å².